The van der Waals surface area contributed by atoms with Crippen LogP contribution in [-0.4, -0.2) is 18.9 Å². The van der Waals surface area contributed by atoms with E-state index >= 15 is 0 Å². The number of rotatable bonds is 0. The molecule has 0 spiro atoms. The molecular formula is C4H2N4S3. The van der Waals surface area contributed by atoms with Crippen molar-refractivity contribution >= 4 is 47.2 Å². The van der Waals surface area contributed by atoms with Gasteiger partial charge in [-0.05, 0) is 0 Å². The van der Waals surface area contributed by atoms with Crippen LogP contribution in [0.2, 0.25) is 0 Å². The van der Waals surface area contributed by atoms with Gasteiger partial charge in [-0.2, -0.15) is 8.75 Å². The predicted octanol–water partition coefficient (Wildman–Crippen LogP) is 1.81. The smallest absolute Gasteiger partial charge is 0.147 e. The second kappa shape index (κ2) is 2.43. The summed E-state index contributed by atoms with van der Waals surface area (Å²) in [5, 5.41) is 5.44. The van der Waals surface area contributed by atoms with E-state index in [1.54, 1.807) is 0 Å². The van der Waals surface area contributed by atoms with Gasteiger partial charge in [0.1, 0.15) is 20.3 Å². The fourth-order valence-corrected chi connectivity index (χ4v) is 1.78. The van der Waals surface area contributed by atoms with E-state index in [9.17, 15) is 0 Å². The molecule has 0 unspecified atom stereocenters. The largest absolute Gasteiger partial charge is 0.288 e. The average Bonchev–Trinajstić information content (AvgIpc) is 2.45. The Morgan fingerprint density at radius 2 is 1.45 bits per heavy atom. The zero-order valence-corrected chi connectivity index (χ0v) is 7.57. The molecule has 0 bridgehead atoms. The predicted molar refractivity (Wildman–Crippen MR) is 47.8 cm³/mol. The van der Waals surface area contributed by atoms with Gasteiger partial charge in [0, 0.05) is 0 Å². The SMILES string of the molecule is S=c1[nH][nH]c(=S)c2nsnc12. The summed E-state index contributed by atoms with van der Waals surface area (Å²) >= 11 is 11.0. The van der Waals surface area contributed by atoms with Crippen molar-refractivity contribution in [3.05, 3.63) is 9.28 Å². The fourth-order valence-electron chi connectivity index (χ4n) is 0.718. The Kier molecular flexibility index (Phi) is 1.55. The van der Waals surface area contributed by atoms with Crippen molar-refractivity contribution in [3.63, 3.8) is 0 Å². The first kappa shape index (κ1) is 7.01. The molecule has 0 saturated carbocycles. The van der Waals surface area contributed by atoms with Crippen molar-refractivity contribution in [2.45, 2.75) is 0 Å². The lowest BCUT2D eigenvalue weighted by atomic mass is 10.5. The van der Waals surface area contributed by atoms with Gasteiger partial charge in [-0.1, -0.05) is 24.4 Å². The van der Waals surface area contributed by atoms with Crippen LogP contribution in [0.1, 0.15) is 0 Å². The summed E-state index contributed by atoms with van der Waals surface area (Å²) in [6, 6.07) is 0. The van der Waals surface area contributed by atoms with Crippen LogP contribution in [0.5, 0.6) is 0 Å². The fraction of sp³-hybridized carbons (Fsp3) is 0. The molecule has 56 valence electrons. The maximum Gasteiger partial charge on any atom is 0.147 e. The molecule has 4 nitrogen and oxygen atoms in total. The van der Waals surface area contributed by atoms with E-state index in [0.717, 1.165) is 11.7 Å². The molecule has 2 aromatic rings. The molecule has 0 aliphatic carbocycles. The number of aromatic nitrogens is 4. The summed E-state index contributed by atoms with van der Waals surface area (Å²) in [6.07, 6.45) is 0. The van der Waals surface area contributed by atoms with Gasteiger partial charge >= 0.3 is 0 Å². The highest BCUT2D eigenvalue weighted by atomic mass is 32.1. The first-order chi connectivity index (χ1) is 5.29. The van der Waals surface area contributed by atoms with Gasteiger partial charge in [0.25, 0.3) is 0 Å². The topological polar surface area (TPSA) is 57.4 Å². The van der Waals surface area contributed by atoms with E-state index in [2.05, 4.69) is 18.9 Å². The van der Waals surface area contributed by atoms with Gasteiger partial charge in [-0.3, -0.25) is 10.2 Å². The van der Waals surface area contributed by atoms with E-state index in [1.807, 2.05) is 0 Å². The van der Waals surface area contributed by atoms with Crippen LogP contribution in [0.3, 0.4) is 0 Å². The van der Waals surface area contributed by atoms with E-state index in [-0.39, 0.29) is 0 Å². The first-order valence-corrected chi connectivity index (χ1v) is 4.27. The molecule has 11 heavy (non-hydrogen) atoms. The number of aromatic amines is 2. The molecule has 0 fully saturated rings. The Labute approximate surface area is 75.6 Å². The third-order valence-electron chi connectivity index (χ3n) is 1.21. The van der Waals surface area contributed by atoms with Crippen molar-refractivity contribution in [1.82, 2.24) is 18.9 Å². The van der Waals surface area contributed by atoms with Crippen LogP contribution in [0, 0.1) is 9.28 Å². The van der Waals surface area contributed by atoms with Gasteiger partial charge < -0.3 is 0 Å². The zero-order valence-electron chi connectivity index (χ0n) is 5.12. The Morgan fingerprint density at radius 1 is 1.00 bits per heavy atom. The zero-order chi connectivity index (χ0) is 7.84. The molecule has 7 heteroatoms. The van der Waals surface area contributed by atoms with Crippen molar-refractivity contribution in [2.24, 2.45) is 0 Å². The van der Waals surface area contributed by atoms with Crippen LogP contribution in [-0.2, 0) is 0 Å². The monoisotopic (exact) mass is 202 g/mol. The van der Waals surface area contributed by atoms with E-state index in [0.29, 0.717) is 20.3 Å². The molecule has 2 aromatic heterocycles. The Hall–Kier alpha value is -0.660. The summed E-state index contributed by atoms with van der Waals surface area (Å²) in [7, 11) is 0. The lowest BCUT2D eigenvalue weighted by molar-refractivity contribution is 1.02. The molecule has 0 saturated heterocycles. The minimum absolute atomic E-state index is 0.544. The van der Waals surface area contributed by atoms with Crippen LogP contribution in [0.15, 0.2) is 0 Å². The highest BCUT2D eigenvalue weighted by Crippen LogP contribution is 2.10. The summed E-state index contributed by atoms with van der Waals surface area (Å²) in [5.41, 5.74) is 1.35. The number of hydrogen-bond donors (Lipinski definition) is 2. The minimum Gasteiger partial charge on any atom is -0.288 e. The highest BCUT2D eigenvalue weighted by molar-refractivity contribution is 7.72. The number of nitrogens with zero attached hydrogens (tertiary/aromatic N) is 2. The third kappa shape index (κ3) is 1.01. The molecule has 0 aliphatic rings. The maximum atomic E-state index is 4.94. The van der Waals surface area contributed by atoms with E-state index < -0.39 is 0 Å². The van der Waals surface area contributed by atoms with Gasteiger partial charge in [0.2, 0.25) is 0 Å². The molecule has 2 heterocycles. The molecule has 2 rings (SSSR count). The van der Waals surface area contributed by atoms with Crippen LogP contribution in [0.25, 0.3) is 11.0 Å². The summed E-state index contributed by atoms with van der Waals surface area (Å²) in [5.74, 6) is 0. The standard InChI is InChI=1S/C4H2N4S3/c9-3-1-2(8-11-7-1)4(10)6-5-3/h(H,5,9)(H,6,10). The second-order valence-corrected chi connectivity index (χ2v) is 3.21. The van der Waals surface area contributed by atoms with Crippen molar-refractivity contribution in [1.29, 1.82) is 0 Å². The highest BCUT2D eigenvalue weighted by Gasteiger charge is 2.00. The van der Waals surface area contributed by atoms with Gasteiger partial charge in [0.15, 0.2) is 0 Å². The van der Waals surface area contributed by atoms with Crippen LogP contribution in [0.4, 0.5) is 0 Å². The summed E-state index contributed by atoms with van der Waals surface area (Å²) in [6.45, 7) is 0. The molecular weight excluding hydrogens is 200 g/mol. The molecule has 0 amide bonds. The number of nitrogens with one attached hydrogen (secondary N) is 2. The van der Waals surface area contributed by atoms with E-state index in [1.165, 1.54) is 0 Å². The lowest BCUT2D eigenvalue weighted by Gasteiger charge is -1.86. The third-order valence-corrected chi connectivity index (χ3v) is 2.33. The van der Waals surface area contributed by atoms with Crippen LogP contribution < -0.4 is 0 Å². The quantitative estimate of drug-likeness (QED) is 0.640. The van der Waals surface area contributed by atoms with Crippen molar-refractivity contribution in [2.75, 3.05) is 0 Å². The van der Waals surface area contributed by atoms with Crippen LogP contribution >= 0.6 is 36.2 Å². The van der Waals surface area contributed by atoms with Crippen molar-refractivity contribution in [3.8, 4) is 0 Å². The number of H-pyrrole nitrogens is 2. The second-order valence-electron chi connectivity index (χ2n) is 1.87. The molecule has 0 radical (unpaired) electrons. The molecule has 0 aromatic carbocycles. The van der Waals surface area contributed by atoms with Gasteiger partial charge in [0.05, 0.1) is 11.7 Å². The maximum absolute atomic E-state index is 4.94. The molecule has 0 atom stereocenters. The van der Waals surface area contributed by atoms with Gasteiger partial charge in [-0.25, -0.2) is 0 Å². The average molecular weight is 202 g/mol. The Balaban J connectivity index is 3.21. The van der Waals surface area contributed by atoms with Crippen molar-refractivity contribution < 1.29 is 0 Å². The van der Waals surface area contributed by atoms with E-state index in [4.69, 9.17) is 24.4 Å². The minimum atomic E-state index is 0.544. The molecule has 2 N–H and O–H groups in total. The normalized spacial score (nSPS) is 10.5. The Bertz CT molecular complexity index is 447. The first-order valence-electron chi connectivity index (χ1n) is 2.72. The molecule has 0 aliphatic heterocycles. The van der Waals surface area contributed by atoms with Gasteiger partial charge in [-0.15, -0.1) is 0 Å². The lowest BCUT2D eigenvalue weighted by Crippen LogP contribution is -1.84. The number of hydrogen-bond acceptors (Lipinski definition) is 5. The number of fused-ring (bicyclic) bond motifs is 1. The Morgan fingerprint density at radius 3 is 1.91 bits per heavy atom. The summed E-state index contributed by atoms with van der Waals surface area (Å²) in [4.78, 5) is 0. The summed E-state index contributed by atoms with van der Waals surface area (Å²) < 4.78 is 9.06.